The van der Waals surface area contributed by atoms with Crippen molar-refractivity contribution in [2.45, 2.75) is 51.6 Å². The lowest BCUT2D eigenvalue weighted by molar-refractivity contribution is -0.120. The number of nitrogens with one attached hydrogen (secondary N) is 1. The molecule has 0 aliphatic carbocycles. The highest BCUT2D eigenvalue weighted by Gasteiger charge is 2.44. The largest absolute Gasteiger partial charge is 0.493 e. The molecule has 2 aliphatic rings. The second-order valence-corrected chi connectivity index (χ2v) is 12.5. The van der Waals surface area contributed by atoms with Gasteiger partial charge in [-0.05, 0) is 65.4 Å². The van der Waals surface area contributed by atoms with Crippen LogP contribution in [0.1, 0.15) is 68.5 Å². The molecule has 228 valence electrons. The van der Waals surface area contributed by atoms with Gasteiger partial charge in [-0.2, -0.15) is 0 Å². The summed E-state index contributed by atoms with van der Waals surface area (Å²) in [7, 11) is 0. The fourth-order valence-electron chi connectivity index (χ4n) is 5.41. The first-order chi connectivity index (χ1) is 20.1. The van der Waals surface area contributed by atoms with E-state index in [9.17, 15) is 9.59 Å². The zero-order valence-corrected chi connectivity index (χ0v) is 27.1. The summed E-state index contributed by atoms with van der Waals surface area (Å²) in [4.78, 5) is 35.5. The van der Waals surface area contributed by atoms with Gasteiger partial charge in [-0.1, -0.05) is 74.3 Å². The average Bonchev–Trinajstić information content (AvgIpc) is 3.21. The summed E-state index contributed by atoms with van der Waals surface area (Å²) in [6, 6.07) is 20.1. The van der Waals surface area contributed by atoms with Crippen LogP contribution in [-0.4, -0.2) is 53.8 Å². The maximum absolute atomic E-state index is 14.6. The van der Waals surface area contributed by atoms with E-state index < -0.39 is 12.1 Å². The fraction of sp³-hybridized carbons (Fsp3) is 0.364. The minimum absolute atomic E-state index is 0. The summed E-state index contributed by atoms with van der Waals surface area (Å²) in [5.41, 5.74) is 3.56. The molecule has 43 heavy (non-hydrogen) atoms. The molecule has 0 radical (unpaired) electrons. The number of ether oxygens (including phenoxy) is 1. The molecule has 0 bridgehead atoms. The summed E-state index contributed by atoms with van der Waals surface area (Å²) in [5, 5.41) is 4.09. The lowest BCUT2D eigenvalue weighted by Gasteiger charge is -2.34. The van der Waals surface area contributed by atoms with Crippen LogP contribution in [0.15, 0.2) is 71.7 Å². The number of carbonyl (C=O) groups is 2. The number of nitrogens with zero attached hydrogens (tertiary/aromatic N) is 3. The van der Waals surface area contributed by atoms with E-state index >= 15 is 0 Å². The number of aliphatic imine (C=N–C) groups is 1. The van der Waals surface area contributed by atoms with E-state index in [0.717, 1.165) is 22.3 Å². The van der Waals surface area contributed by atoms with E-state index in [2.05, 4.69) is 32.2 Å². The van der Waals surface area contributed by atoms with E-state index in [1.807, 2.05) is 67.6 Å². The van der Waals surface area contributed by atoms with Crippen molar-refractivity contribution in [2.24, 2.45) is 4.99 Å². The van der Waals surface area contributed by atoms with Crippen molar-refractivity contribution < 1.29 is 14.3 Å². The molecule has 10 heteroatoms. The van der Waals surface area contributed by atoms with Gasteiger partial charge >= 0.3 is 6.03 Å². The van der Waals surface area contributed by atoms with E-state index in [4.69, 9.17) is 32.9 Å². The first-order valence-electron chi connectivity index (χ1n) is 14.3. The minimum atomic E-state index is -0.477. The Kier molecular flexibility index (Phi) is 10.3. The SMILES string of the molecule is CCOc1cc(C(C)(C)C)ccc1C1=N[C@@H](c2ccc(Cl)cc2)[C@@H](c2ccc(Cl)cc2)N1C(=O)N1CCNC(=O)CC1.Cl. The van der Waals surface area contributed by atoms with Crippen molar-refractivity contribution in [3.8, 4) is 5.75 Å². The smallest absolute Gasteiger partial charge is 0.326 e. The van der Waals surface area contributed by atoms with Crippen molar-refractivity contribution in [3.63, 3.8) is 0 Å². The zero-order valence-electron chi connectivity index (χ0n) is 24.8. The summed E-state index contributed by atoms with van der Waals surface area (Å²) >= 11 is 12.5. The van der Waals surface area contributed by atoms with Gasteiger partial charge < -0.3 is 15.0 Å². The number of halogens is 3. The molecular formula is C33H37Cl3N4O3. The normalized spacial score (nSPS) is 18.8. The minimum Gasteiger partial charge on any atom is -0.493 e. The molecule has 1 fully saturated rings. The van der Waals surface area contributed by atoms with Gasteiger partial charge in [0, 0.05) is 36.1 Å². The van der Waals surface area contributed by atoms with Crippen LogP contribution in [0.5, 0.6) is 5.75 Å². The first kappa shape index (κ1) is 32.6. The summed E-state index contributed by atoms with van der Waals surface area (Å²) in [6.45, 7) is 9.97. The Bertz CT molecular complexity index is 1490. The molecule has 0 aromatic heterocycles. The van der Waals surface area contributed by atoms with Gasteiger partial charge in [0.2, 0.25) is 5.91 Å². The third-order valence-electron chi connectivity index (χ3n) is 7.67. The van der Waals surface area contributed by atoms with Gasteiger partial charge in [0.25, 0.3) is 0 Å². The Morgan fingerprint density at radius 1 is 0.977 bits per heavy atom. The number of amides is 3. The molecule has 7 nitrogen and oxygen atoms in total. The van der Waals surface area contributed by atoms with Crippen molar-refractivity contribution in [3.05, 3.63) is 99.0 Å². The number of hydrogen-bond donors (Lipinski definition) is 1. The van der Waals surface area contributed by atoms with E-state index in [1.54, 1.807) is 9.80 Å². The van der Waals surface area contributed by atoms with Crippen LogP contribution in [0.2, 0.25) is 10.0 Å². The summed E-state index contributed by atoms with van der Waals surface area (Å²) < 4.78 is 6.18. The maximum atomic E-state index is 14.6. The quantitative estimate of drug-likeness (QED) is 0.311. The Morgan fingerprint density at radius 2 is 1.60 bits per heavy atom. The number of hydrogen-bond acceptors (Lipinski definition) is 4. The molecule has 2 atom stereocenters. The van der Waals surface area contributed by atoms with Crippen LogP contribution in [0.4, 0.5) is 4.79 Å². The Morgan fingerprint density at radius 3 is 2.21 bits per heavy atom. The van der Waals surface area contributed by atoms with Gasteiger partial charge in [-0.25, -0.2) is 4.79 Å². The zero-order chi connectivity index (χ0) is 30.0. The number of carbonyl (C=O) groups excluding carboxylic acids is 2. The molecule has 0 saturated carbocycles. The number of amidine groups is 1. The van der Waals surface area contributed by atoms with E-state index in [0.29, 0.717) is 47.9 Å². The molecule has 0 unspecified atom stereocenters. The van der Waals surface area contributed by atoms with Gasteiger partial charge in [-0.3, -0.25) is 14.7 Å². The van der Waals surface area contributed by atoms with E-state index in [-0.39, 0.29) is 36.2 Å². The monoisotopic (exact) mass is 642 g/mol. The predicted molar refractivity (Wildman–Crippen MR) is 175 cm³/mol. The lowest BCUT2D eigenvalue weighted by atomic mass is 9.86. The molecule has 2 heterocycles. The molecule has 1 N–H and O–H groups in total. The fourth-order valence-corrected chi connectivity index (χ4v) is 5.67. The third kappa shape index (κ3) is 7.11. The Labute approximate surface area is 269 Å². The van der Waals surface area contributed by atoms with Crippen LogP contribution in [0.25, 0.3) is 0 Å². The molecular weight excluding hydrogens is 607 g/mol. The van der Waals surface area contributed by atoms with Crippen LogP contribution in [0, 0.1) is 0 Å². The number of urea groups is 1. The van der Waals surface area contributed by atoms with Gasteiger partial charge in [0.05, 0.1) is 18.2 Å². The summed E-state index contributed by atoms with van der Waals surface area (Å²) in [5.74, 6) is 1.12. The predicted octanol–water partition coefficient (Wildman–Crippen LogP) is 7.60. The van der Waals surface area contributed by atoms with Crippen molar-refractivity contribution in [1.29, 1.82) is 0 Å². The van der Waals surface area contributed by atoms with E-state index in [1.165, 1.54) is 0 Å². The van der Waals surface area contributed by atoms with Gasteiger partial charge in [-0.15, -0.1) is 12.4 Å². The molecule has 0 spiro atoms. The number of rotatable bonds is 5. The third-order valence-corrected chi connectivity index (χ3v) is 8.17. The molecule has 3 aromatic carbocycles. The van der Waals surface area contributed by atoms with Crippen molar-refractivity contribution in [1.82, 2.24) is 15.1 Å². The highest BCUT2D eigenvalue weighted by molar-refractivity contribution is 6.30. The second kappa shape index (κ2) is 13.6. The molecule has 5 rings (SSSR count). The van der Waals surface area contributed by atoms with Crippen molar-refractivity contribution in [2.75, 3.05) is 26.2 Å². The Balaban J connectivity index is 0.00000423. The maximum Gasteiger partial charge on any atom is 0.326 e. The second-order valence-electron chi connectivity index (χ2n) is 11.6. The van der Waals surface area contributed by atoms with Crippen LogP contribution >= 0.6 is 35.6 Å². The molecule has 2 aliphatic heterocycles. The molecule has 3 amide bonds. The van der Waals surface area contributed by atoms with Gasteiger partial charge in [0.15, 0.2) is 0 Å². The van der Waals surface area contributed by atoms with Gasteiger partial charge in [0.1, 0.15) is 17.6 Å². The van der Waals surface area contributed by atoms with Crippen LogP contribution < -0.4 is 10.1 Å². The highest BCUT2D eigenvalue weighted by Crippen LogP contribution is 2.46. The molecule has 3 aromatic rings. The average molecular weight is 644 g/mol. The lowest BCUT2D eigenvalue weighted by Crippen LogP contribution is -2.47. The Hall–Kier alpha value is -3.26. The standard InChI is InChI=1S/C33H36Cl2N4O3.ClH/c1-5-42-27-20-23(33(2,3)4)10-15-26(27)31-37-29(21-6-11-24(34)12-7-21)30(22-8-13-25(35)14-9-22)39(31)32(41)38-18-16-28(40)36-17-19-38;/h6-15,20,29-30H,5,16-19H2,1-4H3,(H,36,40);1H/t29-,30+;/m0./s1. The molecule has 1 saturated heterocycles. The van der Waals surface area contributed by atoms with Crippen LogP contribution in [-0.2, 0) is 10.2 Å². The van der Waals surface area contributed by atoms with Crippen molar-refractivity contribution >= 4 is 53.4 Å². The topological polar surface area (TPSA) is 74.2 Å². The highest BCUT2D eigenvalue weighted by atomic mass is 35.5. The van der Waals surface area contributed by atoms with Crippen LogP contribution in [0.3, 0.4) is 0 Å². The summed E-state index contributed by atoms with van der Waals surface area (Å²) in [6.07, 6.45) is 0.239. The first-order valence-corrected chi connectivity index (χ1v) is 15.0. The number of benzene rings is 3.